The van der Waals surface area contributed by atoms with Crippen molar-refractivity contribution >= 4 is 5.91 Å². The molecule has 18 heavy (non-hydrogen) atoms. The Kier molecular flexibility index (Phi) is 4.31. The van der Waals surface area contributed by atoms with Gasteiger partial charge >= 0.3 is 0 Å². The monoisotopic (exact) mass is 248 g/mol. The molecule has 1 saturated heterocycles. The van der Waals surface area contributed by atoms with Crippen LogP contribution in [-0.2, 0) is 9.53 Å². The standard InChI is InChI=1S/C14H20N2O2/c1-11-5-3-7-13(15-11)12-6-4-8-16(9-12)14(17)10-18-2/h3,5,7,12H,4,6,8-10H2,1-2H3. The van der Waals surface area contributed by atoms with Crippen LogP contribution in [0.15, 0.2) is 18.2 Å². The van der Waals surface area contributed by atoms with Gasteiger partial charge in [0, 0.05) is 37.5 Å². The van der Waals surface area contributed by atoms with Gasteiger partial charge in [-0.15, -0.1) is 0 Å². The van der Waals surface area contributed by atoms with Crippen LogP contribution in [0.1, 0.15) is 30.1 Å². The van der Waals surface area contributed by atoms with Crippen molar-refractivity contribution in [1.29, 1.82) is 0 Å². The third kappa shape index (κ3) is 3.07. The fraction of sp³-hybridized carbons (Fsp3) is 0.571. The number of pyridine rings is 1. The minimum absolute atomic E-state index is 0.0786. The van der Waals surface area contributed by atoms with E-state index in [9.17, 15) is 4.79 Å². The maximum atomic E-state index is 11.8. The van der Waals surface area contributed by atoms with Crippen LogP contribution in [0.5, 0.6) is 0 Å². The Labute approximate surface area is 108 Å². The molecule has 1 aromatic rings. The normalized spacial score (nSPS) is 19.9. The number of piperidine rings is 1. The third-order valence-electron chi connectivity index (χ3n) is 3.37. The first kappa shape index (κ1) is 13.0. The van der Waals surface area contributed by atoms with Gasteiger partial charge in [0.15, 0.2) is 0 Å². The van der Waals surface area contributed by atoms with Gasteiger partial charge in [0.1, 0.15) is 6.61 Å². The molecule has 0 spiro atoms. The van der Waals surface area contributed by atoms with E-state index >= 15 is 0 Å². The quantitative estimate of drug-likeness (QED) is 0.818. The summed E-state index contributed by atoms with van der Waals surface area (Å²) in [5, 5.41) is 0. The zero-order chi connectivity index (χ0) is 13.0. The predicted octanol–water partition coefficient (Wildman–Crippen LogP) is 1.74. The Balaban J connectivity index is 2.04. The van der Waals surface area contributed by atoms with Gasteiger partial charge < -0.3 is 9.64 Å². The molecule has 1 amide bonds. The van der Waals surface area contributed by atoms with E-state index in [2.05, 4.69) is 11.1 Å². The summed E-state index contributed by atoms with van der Waals surface area (Å²) in [6.45, 7) is 3.78. The molecule has 98 valence electrons. The zero-order valence-electron chi connectivity index (χ0n) is 11.1. The van der Waals surface area contributed by atoms with Crippen molar-refractivity contribution < 1.29 is 9.53 Å². The van der Waals surface area contributed by atoms with Crippen LogP contribution < -0.4 is 0 Å². The summed E-state index contributed by atoms with van der Waals surface area (Å²) < 4.78 is 4.91. The number of rotatable bonds is 3. The maximum Gasteiger partial charge on any atom is 0.248 e. The van der Waals surface area contributed by atoms with Crippen molar-refractivity contribution in [2.24, 2.45) is 0 Å². The van der Waals surface area contributed by atoms with Crippen molar-refractivity contribution in [2.75, 3.05) is 26.8 Å². The molecule has 1 unspecified atom stereocenters. The highest BCUT2D eigenvalue weighted by molar-refractivity contribution is 5.77. The molecule has 1 aliphatic rings. The second kappa shape index (κ2) is 5.96. The second-order valence-electron chi connectivity index (χ2n) is 4.82. The number of nitrogens with zero attached hydrogens (tertiary/aromatic N) is 2. The van der Waals surface area contributed by atoms with Gasteiger partial charge in [0.2, 0.25) is 5.91 Å². The van der Waals surface area contributed by atoms with E-state index in [1.54, 1.807) is 7.11 Å². The molecule has 0 aliphatic carbocycles. The van der Waals surface area contributed by atoms with Crippen LogP contribution >= 0.6 is 0 Å². The summed E-state index contributed by atoms with van der Waals surface area (Å²) in [6, 6.07) is 6.09. The highest BCUT2D eigenvalue weighted by Crippen LogP contribution is 2.25. The molecule has 4 nitrogen and oxygen atoms in total. The number of aromatic nitrogens is 1. The number of carbonyl (C=O) groups excluding carboxylic acids is 1. The number of hydrogen-bond donors (Lipinski definition) is 0. The first-order chi connectivity index (χ1) is 8.70. The molecule has 0 N–H and O–H groups in total. The van der Waals surface area contributed by atoms with E-state index in [1.807, 2.05) is 24.0 Å². The fourth-order valence-corrected chi connectivity index (χ4v) is 2.45. The van der Waals surface area contributed by atoms with E-state index in [0.29, 0.717) is 5.92 Å². The largest absolute Gasteiger partial charge is 0.375 e. The Morgan fingerprint density at radius 3 is 3.11 bits per heavy atom. The van der Waals surface area contributed by atoms with Gasteiger partial charge in [-0.05, 0) is 31.9 Å². The predicted molar refractivity (Wildman–Crippen MR) is 69.4 cm³/mol. The molecule has 1 fully saturated rings. The number of carbonyl (C=O) groups is 1. The van der Waals surface area contributed by atoms with Crippen molar-refractivity contribution in [3.8, 4) is 0 Å². The van der Waals surface area contributed by atoms with Crippen LogP contribution in [-0.4, -0.2) is 42.6 Å². The van der Waals surface area contributed by atoms with E-state index in [0.717, 1.165) is 37.3 Å². The molecular formula is C14H20N2O2. The SMILES string of the molecule is COCC(=O)N1CCCC(c2cccc(C)n2)C1. The summed E-state index contributed by atoms with van der Waals surface area (Å²) in [5.74, 6) is 0.439. The van der Waals surface area contributed by atoms with Gasteiger partial charge in [-0.25, -0.2) is 0 Å². The van der Waals surface area contributed by atoms with Crippen LogP contribution in [0, 0.1) is 6.92 Å². The van der Waals surface area contributed by atoms with Crippen LogP contribution in [0.25, 0.3) is 0 Å². The van der Waals surface area contributed by atoms with Crippen LogP contribution in [0.4, 0.5) is 0 Å². The van der Waals surface area contributed by atoms with E-state index in [-0.39, 0.29) is 12.5 Å². The van der Waals surface area contributed by atoms with Crippen LogP contribution in [0.2, 0.25) is 0 Å². The smallest absolute Gasteiger partial charge is 0.248 e. The van der Waals surface area contributed by atoms with Crippen molar-refractivity contribution in [3.05, 3.63) is 29.6 Å². The van der Waals surface area contributed by atoms with Gasteiger partial charge in [-0.1, -0.05) is 6.07 Å². The second-order valence-corrected chi connectivity index (χ2v) is 4.82. The minimum atomic E-state index is 0.0786. The summed E-state index contributed by atoms with van der Waals surface area (Å²) in [6.07, 6.45) is 2.14. The lowest BCUT2D eigenvalue weighted by molar-refractivity contribution is -0.136. The highest BCUT2D eigenvalue weighted by atomic mass is 16.5. The lowest BCUT2D eigenvalue weighted by Gasteiger charge is -2.32. The van der Waals surface area contributed by atoms with Gasteiger partial charge in [-0.2, -0.15) is 0 Å². The van der Waals surface area contributed by atoms with Gasteiger partial charge in [0.25, 0.3) is 0 Å². The molecule has 1 atom stereocenters. The van der Waals surface area contributed by atoms with E-state index < -0.39 is 0 Å². The van der Waals surface area contributed by atoms with Gasteiger partial charge in [0.05, 0.1) is 0 Å². The molecule has 1 aromatic heterocycles. The molecule has 0 aromatic carbocycles. The molecule has 0 saturated carbocycles. The topological polar surface area (TPSA) is 42.4 Å². The summed E-state index contributed by atoms with van der Waals surface area (Å²) in [5.41, 5.74) is 2.14. The number of ether oxygens (including phenoxy) is 1. The number of aryl methyl sites for hydroxylation is 1. The Hall–Kier alpha value is -1.42. The Bertz CT molecular complexity index is 420. The minimum Gasteiger partial charge on any atom is -0.375 e. The molecule has 0 radical (unpaired) electrons. The summed E-state index contributed by atoms with van der Waals surface area (Å²) in [4.78, 5) is 18.3. The number of hydrogen-bond acceptors (Lipinski definition) is 3. The molecule has 4 heteroatoms. The molecule has 1 aliphatic heterocycles. The first-order valence-corrected chi connectivity index (χ1v) is 6.41. The Morgan fingerprint density at radius 1 is 1.56 bits per heavy atom. The third-order valence-corrected chi connectivity index (χ3v) is 3.37. The average molecular weight is 248 g/mol. The highest BCUT2D eigenvalue weighted by Gasteiger charge is 2.25. The number of likely N-dealkylation sites (tertiary alicyclic amines) is 1. The Morgan fingerprint density at radius 2 is 2.39 bits per heavy atom. The number of methoxy groups -OCH3 is 1. The zero-order valence-corrected chi connectivity index (χ0v) is 11.1. The molecular weight excluding hydrogens is 228 g/mol. The average Bonchev–Trinajstić information content (AvgIpc) is 2.39. The van der Waals surface area contributed by atoms with E-state index in [4.69, 9.17) is 4.74 Å². The van der Waals surface area contributed by atoms with Crippen molar-refractivity contribution in [1.82, 2.24) is 9.88 Å². The lowest BCUT2D eigenvalue weighted by Crippen LogP contribution is -2.41. The van der Waals surface area contributed by atoms with Gasteiger partial charge in [-0.3, -0.25) is 9.78 Å². The maximum absolute atomic E-state index is 11.8. The van der Waals surface area contributed by atoms with Crippen molar-refractivity contribution in [2.45, 2.75) is 25.7 Å². The first-order valence-electron chi connectivity index (χ1n) is 6.41. The fourth-order valence-electron chi connectivity index (χ4n) is 2.45. The lowest BCUT2D eigenvalue weighted by atomic mass is 9.94. The van der Waals surface area contributed by atoms with Crippen molar-refractivity contribution in [3.63, 3.8) is 0 Å². The van der Waals surface area contributed by atoms with Crippen LogP contribution in [0.3, 0.4) is 0 Å². The molecule has 2 heterocycles. The number of amides is 1. The summed E-state index contributed by atoms with van der Waals surface area (Å²) in [7, 11) is 1.56. The molecule has 0 bridgehead atoms. The summed E-state index contributed by atoms with van der Waals surface area (Å²) >= 11 is 0. The van der Waals surface area contributed by atoms with E-state index in [1.165, 1.54) is 0 Å². The molecule has 2 rings (SSSR count).